The van der Waals surface area contributed by atoms with Crippen molar-refractivity contribution >= 4 is 5.97 Å². The topological polar surface area (TPSA) is 38.8 Å². The number of hydrogen-bond acceptors (Lipinski definition) is 4. The van der Waals surface area contributed by atoms with E-state index in [1.165, 1.54) is 0 Å². The van der Waals surface area contributed by atoms with Gasteiger partial charge in [-0.15, -0.1) is 0 Å². The van der Waals surface area contributed by atoms with E-state index in [0.29, 0.717) is 18.2 Å². The zero-order valence-corrected chi connectivity index (χ0v) is 9.49. The Labute approximate surface area is 90.8 Å². The molecule has 15 heavy (non-hydrogen) atoms. The van der Waals surface area contributed by atoms with E-state index in [9.17, 15) is 4.79 Å². The Kier molecular flexibility index (Phi) is 4.78. The van der Waals surface area contributed by atoms with Crippen LogP contribution in [0.15, 0.2) is 12.2 Å². The summed E-state index contributed by atoms with van der Waals surface area (Å²) in [6, 6.07) is 0.358. The average molecular weight is 213 g/mol. The van der Waals surface area contributed by atoms with E-state index in [2.05, 4.69) is 18.5 Å². The Balaban J connectivity index is 2.19. The minimum atomic E-state index is -0.311. The molecule has 0 aromatic rings. The molecule has 4 nitrogen and oxygen atoms in total. The maximum atomic E-state index is 11.1. The van der Waals surface area contributed by atoms with Gasteiger partial charge in [0.05, 0.1) is 19.8 Å². The van der Waals surface area contributed by atoms with E-state index < -0.39 is 0 Å². The fraction of sp³-hybridized carbons (Fsp3) is 0.727. The van der Waals surface area contributed by atoms with Crippen LogP contribution in [0.25, 0.3) is 0 Å². The van der Waals surface area contributed by atoms with Crippen molar-refractivity contribution in [3.8, 4) is 0 Å². The highest BCUT2D eigenvalue weighted by atomic mass is 16.5. The van der Waals surface area contributed by atoms with Crippen LogP contribution in [0.3, 0.4) is 0 Å². The first-order valence-electron chi connectivity index (χ1n) is 5.22. The highest BCUT2D eigenvalue weighted by Crippen LogP contribution is 2.08. The third-order valence-corrected chi connectivity index (χ3v) is 2.55. The van der Waals surface area contributed by atoms with Gasteiger partial charge in [-0.1, -0.05) is 6.58 Å². The highest BCUT2D eigenvalue weighted by Gasteiger charge is 2.19. The molecular weight excluding hydrogens is 194 g/mol. The lowest BCUT2D eigenvalue weighted by Crippen LogP contribution is -2.43. The molecule has 1 fully saturated rings. The zero-order valence-electron chi connectivity index (χ0n) is 9.49. The van der Waals surface area contributed by atoms with Gasteiger partial charge in [0.25, 0.3) is 0 Å². The van der Waals surface area contributed by atoms with Crippen molar-refractivity contribution in [2.45, 2.75) is 19.4 Å². The van der Waals surface area contributed by atoms with Gasteiger partial charge in [-0.05, 0) is 20.4 Å². The van der Waals surface area contributed by atoms with Crippen LogP contribution in [0, 0.1) is 0 Å². The van der Waals surface area contributed by atoms with Crippen molar-refractivity contribution in [2.75, 3.05) is 33.4 Å². The van der Waals surface area contributed by atoms with Gasteiger partial charge in [0.2, 0.25) is 0 Å². The van der Waals surface area contributed by atoms with E-state index in [1.807, 2.05) is 0 Å². The number of rotatable bonds is 4. The molecule has 1 atom stereocenters. The maximum Gasteiger partial charge on any atom is 0.333 e. The molecule has 0 aromatic carbocycles. The van der Waals surface area contributed by atoms with Crippen molar-refractivity contribution < 1.29 is 14.3 Å². The summed E-state index contributed by atoms with van der Waals surface area (Å²) in [5.74, 6) is -0.311. The van der Waals surface area contributed by atoms with Gasteiger partial charge in [-0.2, -0.15) is 0 Å². The van der Waals surface area contributed by atoms with E-state index in [-0.39, 0.29) is 5.97 Å². The molecule has 1 saturated heterocycles. The number of nitrogens with zero attached hydrogens (tertiary/aromatic N) is 1. The van der Waals surface area contributed by atoms with Crippen LogP contribution in [0.5, 0.6) is 0 Å². The summed E-state index contributed by atoms with van der Waals surface area (Å²) >= 11 is 0. The van der Waals surface area contributed by atoms with Gasteiger partial charge < -0.3 is 9.47 Å². The van der Waals surface area contributed by atoms with Gasteiger partial charge in [0.15, 0.2) is 0 Å². The number of carbonyl (C=O) groups excluding carboxylic acids is 1. The molecule has 1 aliphatic heterocycles. The van der Waals surface area contributed by atoms with Crippen LogP contribution in [0.1, 0.15) is 13.3 Å². The first-order valence-corrected chi connectivity index (χ1v) is 5.22. The zero-order chi connectivity index (χ0) is 11.3. The average Bonchev–Trinajstić information content (AvgIpc) is 2.20. The molecule has 0 bridgehead atoms. The minimum Gasteiger partial charge on any atom is -0.462 e. The molecule has 0 N–H and O–H groups in total. The van der Waals surface area contributed by atoms with Gasteiger partial charge in [0.1, 0.15) is 0 Å². The number of morpholine rings is 1. The SMILES string of the molecule is C=C(C)C(=O)OCCC1COCCN1C. The van der Waals surface area contributed by atoms with E-state index in [1.54, 1.807) is 6.92 Å². The summed E-state index contributed by atoms with van der Waals surface area (Å²) in [5, 5.41) is 0. The molecule has 0 aliphatic carbocycles. The summed E-state index contributed by atoms with van der Waals surface area (Å²) in [6.45, 7) is 8.07. The summed E-state index contributed by atoms with van der Waals surface area (Å²) in [5.41, 5.74) is 0.447. The summed E-state index contributed by atoms with van der Waals surface area (Å²) in [4.78, 5) is 13.3. The van der Waals surface area contributed by atoms with Crippen molar-refractivity contribution in [1.29, 1.82) is 0 Å². The van der Waals surface area contributed by atoms with Gasteiger partial charge in [-0.3, -0.25) is 4.90 Å². The fourth-order valence-electron chi connectivity index (χ4n) is 1.45. The molecule has 86 valence electrons. The van der Waals surface area contributed by atoms with Crippen LogP contribution in [0.4, 0.5) is 0 Å². The lowest BCUT2D eigenvalue weighted by molar-refractivity contribution is -0.139. The number of hydrogen-bond donors (Lipinski definition) is 0. The lowest BCUT2D eigenvalue weighted by atomic mass is 10.2. The predicted octanol–water partition coefficient (Wildman–Crippen LogP) is 0.826. The van der Waals surface area contributed by atoms with Crippen LogP contribution in [-0.4, -0.2) is 50.3 Å². The van der Waals surface area contributed by atoms with Crippen LogP contribution < -0.4 is 0 Å². The van der Waals surface area contributed by atoms with Crippen LogP contribution in [0.2, 0.25) is 0 Å². The van der Waals surface area contributed by atoms with Crippen molar-refractivity contribution in [3.63, 3.8) is 0 Å². The molecule has 1 unspecified atom stereocenters. The molecule has 1 heterocycles. The van der Waals surface area contributed by atoms with E-state index in [4.69, 9.17) is 9.47 Å². The number of ether oxygens (including phenoxy) is 2. The van der Waals surface area contributed by atoms with Gasteiger partial charge in [0, 0.05) is 18.2 Å². The molecular formula is C11H19NO3. The molecule has 0 saturated carbocycles. The second-order valence-electron chi connectivity index (χ2n) is 3.91. The van der Waals surface area contributed by atoms with Crippen molar-refractivity contribution in [2.24, 2.45) is 0 Å². The molecule has 0 amide bonds. The van der Waals surface area contributed by atoms with Crippen molar-refractivity contribution in [3.05, 3.63) is 12.2 Å². The largest absolute Gasteiger partial charge is 0.462 e. The predicted molar refractivity (Wildman–Crippen MR) is 57.6 cm³/mol. The molecule has 1 rings (SSSR count). The fourth-order valence-corrected chi connectivity index (χ4v) is 1.45. The number of esters is 1. The maximum absolute atomic E-state index is 11.1. The Morgan fingerprint density at radius 2 is 2.40 bits per heavy atom. The summed E-state index contributed by atoms with van der Waals surface area (Å²) in [6.07, 6.45) is 0.815. The molecule has 0 spiro atoms. The third kappa shape index (κ3) is 4.01. The Bertz CT molecular complexity index is 240. The second kappa shape index (κ2) is 5.88. The van der Waals surface area contributed by atoms with E-state index in [0.717, 1.165) is 26.2 Å². The van der Waals surface area contributed by atoms with E-state index >= 15 is 0 Å². The van der Waals surface area contributed by atoms with Crippen molar-refractivity contribution in [1.82, 2.24) is 4.90 Å². The summed E-state index contributed by atoms with van der Waals surface area (Å²) in [7, 11) is 2.06. The first kappa shape index (κ1) is 12.2. The monoisotopic (exact) mass is 213 g/mol. The number of carbonyl (C=O) groups is 1. The Morgan fingerprint density at radius 1 is 1.67 bits per heavy atom. The quantitative estimate of drug-likeness (QED) is 0.512. The molecule has 1 aliphatic rings. The standard InChI is InChI=1S/C11H19NO3/c1-9(2)11(13)15-6-4-10-8-14-7-5-12(10)3/h10H,1,4-8H2,2-3H3. The second-order valence-corrected chi connectivity index (χ2v) is 3.91. The smallest absolute Gasteiger partial charge is 0.333 e. The normalized spacial score (nSPS) is 22.4. The lowest BCUT2D eigenvalue weighted by Gasteiger charge is -2.32. The third-order valence-electron chi connectivity index (χ3n) is 2.55. The Morgan fingerprint density at radius 3 is 3.00 bits per heavy atom. The first-order chi connectivity index (χ1) is 7.11. The van der Waals surface area contributed by atoms with Gasteiger partial charge in [-0.25, -0.2) is 4.79 Å². The molecule has 0 aromatic heterocycles. The highest BCUT2D eigenvalue weighted by molar-refractivity contribution is 5.86. The molecule has 4 heteroatoms. The van der Waals surface area contributed by atoms with Crippen LogP contribution in [-0.2, 0) is 14.3 Å². The van der Waals surface area contributed by atoms with Crippen LogP contribution >= 0.6 is 0 Å². The number of likely N-dealkylation sites (N-methyl/N-ethyl adjacent to an activating group) is 1. The minimum absolute atomic E-state index is 0.311. The molecule has 0 radical (unpaired) electrons. The Hall–Kier alpha value is -0.870. The van der Waals surface area contributed by atoms with Gasteiger partial charge >= 0.3 is 5.97 Å². The summed E-state index contributed by atoms with van der Waals surface area (Å²) < 4.78 is 10.4.